The quantitative estimate of drug-likeness (QED) is 0.857. The number of carbonyl (C=O) groups excluding carboxylic acids is 1. The average Bonchev–Trinajstić information content (AvgIpc) is 3.15. The first-order valence-corrected chi connectivity index (χ1v) is 8.18. The van der Waals surface area contributed by atoms with Gasteiger partial charge in [-0.2, -0.15) is 0 Å². The predicted molar refractivity (Wildman–Crippen MR) is 83.3 cm³/mol. The van der Waals surface area contributed by atoms with Crippen molar-refractivity contribution in [2.45, 2.75) is 51.6 Å². The minimum Gasteiger partial charge on any atom is -0.334 e. The molecular formula is C17H25N3O. The van der Waals surface area contributed by atoms with Crippen LogP contribution in [-0.4, -0.2) is 52.4 Å². The average molecular weight is 287 g/mol. The molecule has 2 fully saturated rings. The molecule has 0 bridgehead atoms. The molecule has 4 nitrogen and oxygen atoms in total. The SMILES string of the molecule is CCN1CCC[C@@H]1[C@@H]1CCCN1C(=O)c1ccc(C)nc1. The first-order chi connectivity index (χ1) is 10.2. The number of hydrogen-bond donors (Lipinski definition) is 0. The van der Waals surface area contributed by atoms with Crippen molar-refractivity contribution >= 4 is 5.91 Å². The molecule has 1 aromatic heterocycles. The lowest BCUT2D eigenvalue weighted by Crippen LogP contribution is -2.48. The van der Waals surface area contributed by atoms with E-state index < -0.39 is 0 Å². The molecule has 2 atom stereocenters. The predicted octanol–water partition coefficient (Wildman–Crippen LogP) is 2.48. The van der Waals surface area contributed by atoms with Crippen molar-refractivity contribution in [3.8, 4) is 0 Å². The number of nitrogens with zero attached hydrogens (tertiary/aromatic N) is 3. The summed E-state index contributed by atoms with van der Waals surface area (Å²) >= 11 is 0. The summed E-state index contributed by atoms with van der Waals surface area (Å²) in [5.74, 6) is 0.160. The Hall–Kier alpha value is -1.42. The third kappa shape index (κ3) is 2.82. The fourth-order valence-electron chi connectivity index (χ4n) is 3.89. The van der Waals surface area contributed by atoms with Crippen molar-refractivity contribution in [1.82, 2.24) is 14.8 Å². The molecule has 1 amide bonds. The summed E-state index contributed by atoms with van der Waals surface area (Å²) in [6.07, 6.45) is 6.49. The van der Waals surface area contributed by atoms with Gasteiger partial charge in [-0.1, -0.05) is 6.92 Å². The number of amides is 1. The van der Waals surface area contributed by atoms with Crippen LogP contribution in [0.4, 0.5) is 0 Å². The van der Waals surface area contributed by atoms with Gasteiger partial charge in [0.25, 0.3) is 5.91 Å². The molecule has 114 valence electrons. The first-order valence-electron chi connectivity index (χ1n) is 8.18. The molecule has 2 saturated heterocycles. The number of aromatic nitrogens is 1. The van der Waals surface area contributed by atoms with Gasteiger partial charge >= 0.3 is 0 Å². The summed E-state index contributed by atoms with van der Waals surface area (Å²) in [5, 5.41) is 0. The maximum atomic E-state index is 12.8. The molecule has 0 N–H and O–H groups in total. The van der Waals surface area contributed by atoms with Crippen molar-refractivity contribution in [2.24, 2.45) is 0 Å². The van der Waals surface area contributed by atoms with Gasteiger partial charge in [-0.15, -0.1) is 0 Å². The summed E-state index contributed by atoms with van der Waals surface area (Å²) in [6, 6.07) is 4.78. The van der Waals surface area contributed by atoms with E-state index in [1.165, 1.54) is 19.4 Å². The molecule has 3 heterocycles. The van der Waals surface area contributed by atoms with Gasteiger partial charge in [-0.05, 0) is 57.8 Å². The lowest BCUT2D eigenvalue weighted by atomic mass is 10.0. The standard InChI is InChI=1S/C17H25N3O/c1-3-19-10-4-6-15(19)16-7-5-11-20(16)17(21)14-9-8-13(2)18-12-14/h8-9,12,15-16H,3-7,10-11H2,1-2H3/t15-,16+/m1/s1. The van der Waals surface area contributed by atoms with Gasteiger partial charge in [0, 0.05) is 30.5 Å². The van der Waals surface area contributed by atoms with Crippen LogP contribution in [0.15, 0.2) is 18.3 Å². The Morgan fingerprint density at radius 3 is 2.71 bits per heavy atom. The van der Waals surface area contributed by atoms with Crippen LogP contribution in [0.2, 0.25) is 0 Å². The second-order valence-corrected chi connectivity index (χ2v) is 6.23. The largest absolute Gasteiger partial charge is 0.334 e. The summed E-state index contributed by atoms with van der Waals surface area (Å²) < 4.78 is 0. The lowest BCUT2D eigenvalue weighted by Gasteiger charge is -2.34. The van der Waals surface area contributed by atoms with E-state index >= 15 is 0 Å². The summed E-state index contributed by atoms with van der Waals surface area (Å²) in [7, 11) is 0. The first kappa shape index (κ1) is 14.5. The Balaban J connectivity index is 1.77. The number of pyridine rings is 1. The Morgan fingerprint density at radius 1 is 1.24 bits per heavy atom. The topological polar surface area (TPSA) is 36.4 Å². The summed E-state index contributed by atoms with van der Waals surface area (Å²) in [4.78, 5) is 21.7. The van der Waals surface area contributed by atoms with E-state index in [0.29, 0.717) is 12.1 Å². The molecule has 3 rings (SSSR count). The Morgan fingerprint density at radius 2 is 2.00 bits per heavy atom. The highest BCUT2D eigenvalue weighted by atomic mass is 16.2. The molecule has 0 aromatic carbocycles. The van der Waals surface area contributed by atoms with E-state index in [2.05, 4.69) is 21.7 Å². The van der Waals surface area contributed by atoms with Gasteiger partial charge in [0.15, 0.2) is 0 Å². The normalized spacial score (nSPS) is 26.5. The molecule has 21 heavy (non-hydrogen) atoms. The van der Waals surface area contributed by atoms with Gasteiger partial charge in [0.1, 0.15) is 0 Å². The Labute approximate surface area is 127 Å². The van der Waals surface area contributed by atoms with E-state index in [-0.39, 0.29) is 5.91 Å². The van der Waals surface area contributed by atoms with Crippen molar-refractivity contribution in [1.29, 1.82) is 0 Å². The maximum absolute atomic E-state index is 12.8. The monoisotopic (exact) mass is 287 g/mol. The second-order valence-electron chi connectivity index (χ2n) is 6.23. The lowest BCUT2D eigenvalue weighted by molar-refractivity contribution is 0.0649. The molecule has 2 aliphatic rings. The van der Waals surface area contributed by atoms with Crippen LogP contribution < -0.4 is 0 Å². The minimum atomic E-state index is 0.160. The van der Waals surface area contributed by atoms with Crippen molar-refractivity contribution < 1.29 is 4.79 Å². The number of likely N-dealkylation sites (tertiary alicyclic amines) is 2. The van der Waals surface area contributed by atoms with Crippen LogP contribution >= 0.6 is 0 Å². The van der Waals surface area contributed by atoms with Gasteiger partial charge in [0.05, 0.1) is 5.56 Å². The fraction of sp³-hybridized carbons (Fsp3) is 0.647. The zero-order chi connectivity index (χ0) is 14.8. The maximum Gasteiger partial charge on any atom is 0.255 e. The van der Waals surface area contributed by atoms with E-state index in [9.17, 15) is 4.79 Å². The van der Waals surface area contributed by atoms with Crippen LogP contribution in [0.1, 0.15) is 48.7 Å². The van der Waals surface area contributed by atoms with Gasteiger partial charge in [0.2, 0.25) is 0 Å². The van der Waals surface area contributed by atoms with Crippen molar-refractivity contribution in [3.05, 3.63) is 29.6 Å². The molecule has 1 aromatic rings. The minimum absolute atomic E-state index is 0.160. The molecule has 4 heteroatoms. The van der Waals surface area contributed by atoms with E-state index in [1.54, 1.807) is 6.20 Å². The van der Waals surface area contributed by atoms with Crippen LogP contribution in [0.5, 0.6) is 0 Å². The summed E-state index contributed by atoms with van der Waals surface area (Å²) in [5.41, 5.74) is 1.69. The van der Waals surface area contributed by atoms with E-state index in [1.807, 2.05) is 19.1 Å². The highest BCUT2D eigenvalue weighted by molar-refractivity contribution is 5.94. The molecule has 0 aliphatic carbocycles. The van der Waals surface area contributed by atoms with Crippen LogP contribution in [0.3, 0.4) is 0 Å². The Kier molecular flexibility index (Phi) is 4.24. The highest BCUT2D eigenvalue weighted by Gasteiger charge is 2.39. The van der Waals surface area contributed by atoms with Gasteiger partial charge < -0.3 is 4.90 Å². The third-order valence-electron chi connectivity index (χ3n) is 4.98. The Bertz CT molecular complexity index is 499. The molecule has 0 radical (unpaired) electrons. The highest BCUT2D eigenvalue weighted by Crippen LogP contribution is 2.30. The molecule has 2 aliphatic heterocycles. The van der Waals surface area contributed by atoms with Crippen LogP contribution in [0.25, 0.3) is 0 Å². The third-order valence-corrected chi connectivity index (χ3v) is 4.98. The number of aryl methyl sites for hydroxylation is 1. The number of likely N-dealkylation sites (N-methyl/N-ethyl adjacent to an activating group) is 1. The zero-order valence-corrected chi connectivity index (χ0v) is 13.1. The van der Waals surface area contributed by atoms with Crippen LogP contribution in [0, 0.1) is 6.92 Å². The number of hydrogen-bond acceptors (Lipinski definition) is 3. The fourth-order valence-corrected chi connectivity index (χ4v) is 3.89. The zero-order valence-electron chi connectivity index (χ0n) is 13.1. The molecule has 0 spiro atoms. The molecule has 0 saturated carbocycles. The van der Waals surface area contributed by atoms with E-state index in [4.69, 9.17) is 0 Å². The number of rotatable bonds is 3. The number of carbonyl (C=O) groups is 1. The van der Waals surface area contributed by atoms with Gasteiger partial charge in [-0.3, -0.25) is 14.7 Å². The van der Waals surface area contributed by atoms with Crippen molar-refractivity contribution in [2.75, 3.05) is 19.6 Å². The van der Waals surface area contributed by atoms with Gasteiger partial charge in [-0.25, -0.2) is 0 Å². The van der Waals surface area contributed by atoms with Crippen molar-refractivity contribution in [3.63, 3.8) is 0 Å². The molecule has 0 unspecified atom stereocenters. The molecular weight excluding hydrogens is 262 g/mol. The van der Waals surface area contributed by atoms with E-state index in [0.717, 1.165) is 37.2 Å². The second kappa shape index (κ2) is 6.14. The summed E-state index contributed by atoms with van der Waals surface area (Å²) in [6.45, 7) is 7.35. The van der Waals surface area contributed by atoms with Crippen LogP contribution in [-0.2, 0) is 0 Å². The smallest absolute Gasteiger partial charge is 0.255 e.